The van der Waals surface area contributed by atoms with Crippen LogP contribution < -0.4 is 4.35 Å². The minimum atomic E-state index is -4.41. The average Bonchev–Trinajstić information content (AvgIpc) is 2.47. The number of fused-ring (bicyclic) bond motifs is 1. The van der Waals surface area contributed by atoms with Crippen molar-refractivity contribution in [1.29, 1.82) is 0 Å². The van der Waals surface area contributed by atoms with Crippen LogP contribution in [0.15, 0.2) is 24.5 Å². The van der Waals surface area contributed by atoms with E-state index >= 15 is 0 Å². The van der Waals surface area contributed by atoms with Crippen LogP contribution in [-0.4, -0.2) is 26.4 Å². The fraction of sp³-hybridized carbons (Fsp3) is 0.125. The predicted molar refractivity (Wildman–Crippen MR) is 46.4 cm³/mol. The summed E-state index contributed by atoms with van der Waals surface area (Å²) in [4.78, 5) is 3.71. The molecular formula is C8H4AsF3N2. The fourth-order valence-corrected chi connectivity index (χ4v) is 1.77. The number of hydrogen-bond acceptors (Lipinski definition) is 1. The SMILES string of the molecule is FC(F)(F)n1cnc2c([As])cccc21. The quantitative estimate of drug-likeness (QED) is 0.653. The summed E-state index contributed by atoms with van der Waals surface area (Å²) in [5.74, 6) is 0. The molecule has 6 heteroatoms. The molecule has 0 bridgehead atoms. The van der Waals surface area contributed by atoms with Crippen molar-refractivity contribution in [3.63, 3.8) is 0 Å². The molecule has 0 N–H and O–H groups in total. The van der Waals surface area contributed by atoms with Crippen LogP contribution >= 0.6 is 0 Å². The zero-order chi connectivity index (χ0) is 10.3. The molecule has 0 saturated heterocycles. The van der Waals surface area contributed by atoms with Crippen molar-refractivity contribution in [3.8, 4) is 0 Å². The van der Waals surface area contributed by atoms with Crippen molar-refractivity contribution in [2.45, 2.75) is 6.30 Å². The molecule has 0 fully saturated rings. The molecule has 2 rings (SSSR count). The molecule has 0 unspecified atom stereocenters. The Kier molecular flexibility index (Phi) is 2.07. The van der Waals surface area contributed by atoms with E-state index in [1.807, 2.05) is 0 Å². The van der Waals surface area contributed by atoms with Crippen molar-refractivity contribution >= 4 is 32.2 Å². The van der Waals surface area contributed by atoms with E-state index in [1.165, 1.54) is 6.07 Å². The van der Waals surface area contributed by atoms with Gasteiger partial charge >= 0.3 is 85.8 Å². The van der Waals surface area contributed by atoms with Gasteiger partial charge in [0.2, 0.25) is 0 Å². The van der Waals surface area contributed by atoms with Gasteiger partial charge in [-0.1, -0.05) is 0 Å². The summed E-state index contributed by atoms with van der Waals surface area (Å²) >= 11 is 2.20. The molecule has 2 radical (unpaired) electrons. The Morgan fingerprint density at radius 1 is 1.29 bits per heavy atom. The average molecular weight is 260 g/mol. The van der Waals surface area contributed by atoms with Gasteiger partial charge in [0.05, 0.1) is 0 Å². The summed E-state index contributed by atoms with van der Waals surface area (Å²) < 4.78 is 38.1. The molecule has 1 heterocycles. The Morgan fingerprint density at radius 3 is 2.64 bits per heavy atom. The molecule has 0 aliphatic heterocycles. The van der Waals surface area contributed by atoms with Crippen molar-refractivity contribution in [2.75, 3.05) is 0 Å². The van der Waals surface area contributed by atoms with Gasteiger partial charge in [0, 0.05) is 0 Å². The topological polar surface area (TPSA) is 17.8 Å². The van der Waals surface area contributed by atoms with Crippen LogP contribution in [0.1, 0.15) is 0 Å². The summed E-state index contributed by atoms with van der Waals surface area (Å²) in [6.45, 7) is 0. The summed E-state index contributed by atoms with van der Waals surface area (Å²) in [6.07, 6.45) is -3.61. The number of imidazole rings is 1. The Balaban J connectivity index is 2.76. The van der Waals surface area contributed by atoms with Crippen LogP contribution in [0.5, 0.6) is 0 Å². The van der Waals surface area contributed by atoms with E-state index in [-0.39, 0.29) is 10.1 Å². The van der Waals surface area contributed by atoms with E-state index in [9.17, 15) is 13.2 Å². The van der Waals surface area contributed by atoms with Crippen LogP contribution in [0.3, 0.4) is 0 Å². The molecule has 0 atom stereocenters. The molecule has 0 aliphatic rings. The third kappa shape index (κ3) is 1.41. The van der Waals surface area contributed by atoms with Gasteiger partial charge in [0.25, 0.3) is 0 Å². The van der Waals surface area contributed by atoms with E-state index in [4.69, 9.17) is 0 Å². The first-order valence-electron chi connectivity index (χ1n) is 3.72. The molecule has 72 valence electrons. The third-order valence-electron chi connectivity index (χ3n) is 1.83. The number of halogens is 3. The molecule has 14 heavy (non-hydrogen) atoms. The fourth-order valence-electron chi connectivity index (χ4n) is 1.23. The first-order valence-corrected chi connectivity index (χ1v) is 4.66. The van der Waals surface area contributed by atoms with Crippen LogP contribution in [0, 0.1) is 0 Å². The second-order valence-electron chi connectivity index (χ2n) is 2.73. The molecule has 1 aromatic carbocycles. The standard InChI is InChI=1S/C8H4AsF3N2/c9-5-2-1-3-6-7(5)13-4-14(6)8(10,11)12/h1-4H. The van der Waals surface area contributed by atoms with Crippen LogP contribution in [0.2, 0.25) is 0 Å². The van der Waals surface area contributed by atoms with Crippen LogP contribution in [-0.2, 0) is 6.30 Å². The van der Waals surface area contributed by atoms with Crippen molar-refractivity contribution in [3.05, 3.63) is 24.5 Å². The van der Waals surface area contributed by atoms with Crippen molar-refractivity contribution in [2.24, 2.45) is 0 Å². The first-order chi connectivity index (χ1) is 6.50. The number of aromatic nitrogens is 2. The maximum atomic E-state index is 12.4. The maximum absolute atomic E-state index is 12.4. The van der Waals surface area contributed by atoms with Gasteiger partial charge in [0.1, 0.15) is 0 Å². The van der Waals surface area contributed by atoms with Gasteiger partial charge in [-0.05, 0) is 0 Å². The normalized spacial score (nSPS) is 12.3. The van der Waals surface area contributed by atoms with Crippen molar-refractivity contribution < 1.29 is 13.2 Å². The molecule has 0 amide bonds. The van der Waals surface area contributed by atoms with E-state index in [1.54, 1.807) is 12.1 Å². The second-order valence-corrected chi connectivity index (χ2v) is 3.74. The predicted octanol–water partition coefficient (Wildman–Crippen LogP) is 1.31. The van der Waals surface area contributed by atoms with Gasteiger partial charge in [-0.3, -0.25) is 0 Å². The Labute approximate surface area is 86.2 Å². The molecule has 2 aromatic rings. The number of para-hydroxylation sites is 1. The number of hydrogen-bond donors (Lipinski definition) is 0. The molecule has 0 aliphatic carbocycles. The van der Waals surface area contributed by atoms with Gasteiger partial charge < -0.3 is 0 Å². The second kappa shape index (κ2) is 3.02. The molecule has 1 aromatic heterocycles. The van der Waals surface area contributed by atoms with Gasteiger partial charge in [-0.2, -0.15) is 0 Å². The van der Waals surface area contributed by atoms with Crippen molar-refractivity contribution in [1.82, 2.24) is 9.55 Å². The van der Waals surface area contributed by atoms with E-state index in [0.717, 1.165) is 6.33 Å². The molecule has 0 spiro atoms. The number of rotatable bonds is 0. The van der Waals surface area contributed by atoms with Gasteiger partial charge in [0.15, 0.2) is 0 Å². The number of nitrogens with zero attached hydrogens (tertiary/aromatic N) is 2. The Hall–Kier alpha value is -0.962. The monoisotopic (exact) mass is 260 g/mol. The zero-order valence-corrected chi connectivity index (χ0v) is 8.66. The minimum absolute atomic E-state index is 0.0793. The van der Waals surface area contributed by atoms with Crippen LogP contribution in [0.4, 0.5) is 13.2 Å². The first kappa shape index (κ1) is 9.59. The van der Waals surface area contributed by atoms with Gasteiger partial charge in [-0.25, -0.2) is 0 Å². The summed E-state index contributed by atoms with van der Waals surface area (Å²) in [6, 6.07) is 4.67. The summed E-state index contributed by atoms with van der Waals surface area (Å²) in [5, 5.41) is 0. The molecule has 2 nitrogen and oxygen atoms in total. The zero-order valence-electron chi connectivity index (χ0n) is 6.78. The van der Waals surface area contributed by atoms with Gasteiger partial charge in [-0.15, -0.1) is 0 Å². The molecule has 0 saturated carbocycles. The summed E-state index contributed by atoms with van der Waals surface area (Å²) in [5.41, 5.74) is 0.445. The van der Waals surface area contributed by atoms with E-state index in [0.29, 0.717) is 9.87 Å². The summed E-state index contributed by atoms with van der Waals surface area (Å²) in [7, 11) is 0. The third-order valence-corrected chi connectivity index (χ3v) is 2.59. The molecular weight excluding hydrogens is 256 g/mol. The Bertz CT molecular complexity index is 475. The Morgan fingerprint density at radius 2 is 2.00 bits per heavy atom. The number of benzene rings is 1. The number of alkyl halides is 3. The van der Waals surface area contributed by atoms with E-state index in [2.05, 4.69) is 21.8 Å². The van der Waals surface area contributed by atoms with E-state index < -0.39 is 6.30 Å². The van der Waals surface area contributed by atoms with Crippen LogP contribution in [0.25, 0.3) is 11.0 Å².